The first-order chi connectivity index (χ1) is 12.4. The molecule has 1 unspecified atom stereocenters. The van der Waals surface area contributed by atoms with Gasteiger partial charge in [0, 0.05) is 5.69 Å². The average Bonchev–Trinajstić information content (AvgIpc) is 2.62. The van der Waals surface area contributed by atoms with Crippen LogP contribution in [0.4, 0.5) is 5.69 Å². The summed E-state index contributed by atoms with van der Waals surface area (Å²) >= 11 is 0. The van der Waals surface area contributed by atoms with E-state index >= 15 is 0 Å². The zero-order valence-electron chi connectivity index (χ0n) is 15.7. The predicted molar refractivity (Wildman–Crippen MR) is 102 cm³/mol. The van der Waals surface area contributed by atoms with Gasteiger partial charge in [-0.25, -0.2) is 4.79 Å². The van der Waals surface area contributed by atoms with E-state index in [9.17, 15) is 9.59 Å². The summed E-state index contributed by atoms with van der Waals surface area (Å²) in [5.74, 6) is 0.0647. The fourth-order valence-corrected chi connectivity index (χ4v) is 2.39. The summed E-state index contributed by atoms with van der Waals surface area (Å²) in [6, 6.07) is 12.4. The molecule has 1 atom stereocenters. The van der Waals surface area contributed by atoms with Gasteiger partial charge in [0.1, 0.15) is 5.75 Å². The van der Waals surface area contributed by atoms with E-state index in [1.54, 1.807) is 31.2 Å². The lowest BCUT2D eigenvalue weighted by atomic mass is 10.1. The highest BCUT2D eigenvalue weighted by Gasteiger charge is 2.16. The molecule has 0 aliphatic heterocycles. The van der Waals surface area contributed by atoms with Crippen molar-refractivity contribution in [3.05, 3.63) is 59.2 Å². The standard InChI is InChI=1S/C21H25NO4/c1-5-12-25-21(24)17-7-9-18(10-8-17)22-20(23)16(4)26-19-11-6-14(2)13-15(19)3/h6-11,13,16H,5,12H2,1-4H3,(H,22,23). The van der Waals surface area contributed by atoms with Gasteiger partial charge in [-0.3, -0.25) is 4.79 Å². The quantitative estimate of drug-likeness (QED) is 0.753. The molecule has 0 aromatic heterocycles. The second kappa shape index (κ2) is 9.04. The van der Waals surface area contributed by atoms with Gasteiger partial charge in [0.25, 0.3) is 5.91 Å². The maximum absolute atomic E-state index is 12.3. The van der Waals surface area contributed by atoms with Crippen LogP contribution in [0.5, 0.6) is 5.75 Å². The highest BCUT2D eigenvalue weighted by atomic mass is 16.5. The van der Waals surface area contributed by atoms with Crippen molar-refractivity contribution in [2.24, 2.45) is 0 Å². The van der Waals surface area contributed by atoms with E-state index in [1.807, 2.05) is 39.0 Å². The SMILES string of the molecule is CCCOC(=O)c1ccc(NC(=O)C(C)Oc2ccc(C)cc2C)cc1. The van der Waals surface area contributed by atoms with Crippen molar-refractivity contribution >= 4 is 17.6 Å². The lowest BCUT2D eigenvalue weighted by Gasteiger charge is -2.16. The Balaban J connectivity index is 1.95. The van der Waals surface area contributed by atoms with Crippen molar-refractivity contribution in [2.75, 3.05) is 11.9 Å². The summed E-state index contributed by atoms with van der Waals surface area (Å²) in [6.07, 6.45) is 0.128. The average molecular weight is 355 g/mol. The zero-order valence-corrected chi connectivity index (χ0v) is 15.7. The molecule has 0 fully saturated rings. The number of esters is 1. The second-order valence-electron chi connectivity index (χ2n) is 6.23. The molecule has 2 rings (SSSR count). The molecule has 5 heteroatoms. The van der Waals surface area contributed by atoms with Gasteiger partial charge in [0.2, 0.25) is 0 Å². The number of hydrogen-bond acceptors (Lipinski definition) is 4. The van der Waals surface area contributed by atoms with E-state index in [2.05, 4.69) is 5.32 Å². The molecule has 1 amide bonds. The van der Waals surface area contributed by atoms with E-state index in [4.69, 9.17) is 9.47 Å². The first-order valence-electron chi connectivity index (χ1n) is 8.72. The molecule has 0 saturated heterocycles. The molecule has 2 aromatic carbocycles. The van der Waals surface area contributed by atoms with Crippen LogP contribution in [-0.4, -0.2) is 24.6 Å². The van der Waals surface area contributed by atoms with Crippen LogP contribution in [0.2, 0.25) is 0 Å². The van der Waals surface area contributed by atoms with Crippen molar-refractivity contribution in [3.8, 4) is 5.75 Å². The first kappa shape index (κ1) is 19.5. The summed E-state index contributed by atoms with van der Waals surface area (Å²) in [5.41, 5.74) is 3.18. The third kappa shape index (κ3) is 5.34. The normalized spacial score (nSPS) is 11.5. The van der Waals surface area contributed by atoms with Crippen molar-refractivity contribution in [1.29, 1.82) is 0 Å². The summed E-state index contributed by atoms with van der Waals surface area (Å²) in [5, 5.41) is 2.79. The van der Waals surface area contributed by atoms with Gasteiger partial charge in [-0.05, 0) is 63.1 Å². The lowest BCUT2D eigenvalue weighted by molar-refractivity contribution is -0.122. The van der Waals surface area contributed by atoms with Crippen LogP contribution in [-0.2, 0) is 9.53 Å². The summed E-state index contributed by atoms with van der Waals surface area (Å²) < 4.78 is 10.8. The van der Waals surface area contributed by atoms with Crippen LogP contribution >= 0.6 is 0 Å². The number of carbonyl (C=O) groups excluding carboxylic acids is 2. The Morgan fingerprint density at radius 1 is 1.08 bits per heavy atom. The minimum absolute atomic E-state index is 0.258. The Morgan fingerprint density at radius 3 is 2.38 bits per heavy atom. The number of ether oxygens (including phenoxy) is 2. The Bertz CT molecular complexity index is 768. The van der Waals surface area contributed by atoms with Crippen LogP contribution in [0.3, 0.4) is 0 Å². The first-order valence-corrected chi connectivity index (χ1v) is 8.72. The van der Waals surface area contributed by atoms with Gasteiger partial charge >= 0.3 is 5.97 Å². The molecule has 0 radical (unpaired) electrons. The Morgan fingerprint density at radius 2 is 1.77 bits per heavy atom. The molecule has 138 valence electrons. The largest absolute Gasteiger partial charge is 0.481 e. The maximum Gasteiger partial charge on any atom is 0.338 e. The van der Waals surface area contributed by atoms with Crippen LogP contribution in [0.1, 0.15) is 41.8 Å². The van der Waals surface area contributed by atoms with Crippen molar-refractivity contribution in [1.82, 2.24) is 0 Å². The zero-order chi connectivity index (χ0) is 19.1. The molecule has 2 aromatic rings. The Labute approximate surface area is 154 Å². The number of benzene rings is 2. The Hall–Kier alpha value is -2.82. The smallest absolute Gasteiger partial charge is 0.338 e. The van der Waals surface area contributed by atoms with Crippen LogP contribution in [0, 0.1) is 13.8 Å². The van der Waals surface area contributed by atoms with E-state index in [0.29, 0.717) is 23.6 Å². The summed E-state index contributed by atoms with van der Waals surface area (Å²) in [4.78, 5) is 24.1. The molecule has 0 spiro atoms. The maximum atomic E-state index is 12.3. The van der Waals surface area contributed by atoms with Crippen LogP contribution < -0.4 is 10.1 Å². The van der Waals surface area contributed by atoms with Crippen LogP contribution in [0.15, 0.2) is 42.5 Å². The second-order valence-corrected chi connectivity index (χ2v) is 6.23. The third-order valence-electron chi connectivity index (χ3n) is 3.83. The minimum Gasteiger partial charge on any atom is -0.481 e. The van der Waals surface area contributed by atoms with E-state index in [-0.39, 0.29) is 11.9 Å². The number of amides is 1. The van der Waals surface area contributed by atoms with Crippen molar-refractivity contribution in [2.45, 2.75) is 40.2 Å². The van der Waals surface area contributed by atoms with Gasteiger partial charge < -0.3 is 14.8 Å². The number of nitrogens with one attached hydrogen (secondary N) is 1. The molecule has 0 aliphatic rings. The summed E-state index contributed by atoms with van der Waals surface area (Å²) in [6.45, 7) is 7.99. The van der Waals surface area contributed by atoms with Crippen molar-refractivity contribution in [3.63, 3.8) is 0 Å². The van der Waals surface area contributed by atoms with Gasteiger partial charge in [-0.1, -0.05) is 24.6 Å². The highest BCUT2D eigenvalue weighted by Crippen LogP contribution is 2.20. The molecule has 1 N–H and O–H groups in total. The number of hydrogen-bond donors (Lipinski definition) is 1. The molecular weight excluding hydrogens is 330 g/mol. The van der Waals surface area contributed by atoms with Gasteiger partial charge in [0.15, 0.2) is 6.10 Å². The molecule has 0 saturated carbocycles. The fourth-order valence-electron chi connectivity index (χ4n) is 2.39. The number of anilines is 1. The van der Waals surface area contributed by atoms with Crippen LogP contribution in [0.25, 0.3) is 0 Å². The summed E-state index contributed by atoms with van der Waals surface area (Å²) in [7, 11) is 0. The molecule has 0 bridgehead atoms. The topological polar surface area (TPSA) is 64.6 Å². The van der Waals surface area contributed by atoms with Gasteiger partial charge in [-0.15, -0.1) is 0 Å². The molecule has 0 heterocycles. The fraction of sp³-hybridized carbons (Fsp3) is 0.333. The lowest BCUT2D eigenvalue weighted by Crippen LogP contribution is -2.30. The third-order valence-corrected chi connectivity index (χ3v) is 3.83. The molecular formula is C21H25NO4. The molecule has 0 aliphatic carbocycles. The number of rotatable bonds is 7. The van der Waals surface area contributed by atoms with E-state index in [0.717, 1.165) is 17.5 Å². The van der Waals surface area contributed by atoms with Crippen molar-refractivity contribution < 1.29 is 19.1 Å². The van der Waals surface area contributed by atoms with Gasteiger partial charge in [0.05, 0.1) is 12.2 Å². The Kier molecular flexibility index (Phi) is 6.78. The monoisotopic (exact) mass is 355 g/mol. The van der Waals surface area contributed by atoms with E-state index in [1.165, 1.54) is 0 Å². The molecule has 5 nitrogen and oxygen atoms in total. The predicted octanol–water partition coefficient (Wildman–Crippen LogP) is 4.28. The highest BCUT2D eigenvalue weighted by molar-refractivity contribution is 5.95. The molecule has 26 heavy (non-hydrogen) atoms. The van der Waals surface area contributed by atoms with Gasteiger partial charge in [-0.2, -0.15) is 0 Å². The minimum atomic E-state index is -0.648. The number of aryl methyl sites for hydroxylation is 2. The van der Waals surface area contributed by atoms with E-state index < -0.39 is 6.10 Å². The number of carbonyl (C=O) groups is 2.